The molecule has 4 unspecified atom stereocenters. The van der Waals surface area contributed by atoms with Crippen LogP contribution in [0.3, 0.4) is 0 Å². The van der Waals surface area contributed by atoms with E-state index in [1.54, 1.807) is 0 Å². The fourth-order valence-corrected chi connectivity index (χ4v) is 7.53. The van der Waals surface area contributed by atoms with Crippen molar-refractivity contribution in [3.05, 3.63) is 24.3 Å². The Bertz CT molecular complexity index is 1100. The molecule has 0 spiro atoms. The highest BCUT2D eigenvalue weighted by Crippen LogP contribution is 2.44. The van der Waals surface area contributed by atoms with Crippen molar-refractivity contribution < 1.29 is 43.9 Å². The SMILES string of the molecule is CCCCCCC(O)C/C=C\CCCCCCCC(=O)OOC(=O)C1(CCCCCC/C=C\CC(O)CCCCCC)C(=O)COC(=O)C1(N)CCSC. The molecule has 4 atom stereocenters. The first kappa shape index (κ1) is 49.8. The van der Waals surface area contributed by atoms with E-state index in [1.165, 1.54) is 43.9 Å². The van der Waals surface area contributed by atoms with Gasteiger partial charge in [-0.25, -0.2) is 24.2 Å². The number of unbranched alkanes of at least 4 members (excludes halogenated alkanes) is 15. The Kier molecular flexibility index (Phi) is 28.5. The third-order valence-electron chi connectivity index (χ3n) is 10.6. The van der Waals surface area contributed by atoms with Crippen LogP contribution in [0.15, 0.2) is 24.3 Å². The number of carbonyl (C=O) groups is 4. The number of ketones is 1. The van der Waals surface area contributed by atoms with Gasteiger partial charge in [-0.15, -0.1) is 0 Å². The number of hydrogen-bond acceptors (Lipinski definition) is 11. The molecule has 1 heterocycles. The zero-order valence-electron chi connectivity index (χ0n) is 34.0. The molecule has 0 amide bonds. The van der Waals surface area contributed by atoms with Gasteiger partial charge in [-0.3, -0.25) is 4.79 Å². The van der Waals surface area contributed by atoms with E-state index in [9.17, 15) is 29.4 Å². The van der Waals surface area contributed by atoms with Crippen molar-refractivity contribution >= 4 is 35.5 Å². The summed E-state index contributed by atoms with van der Waals surface area (Å²) in [4.78, 5) is 62.8. The molecule has 0 saturated carbocycles. The van der Waals surface area contributed by atoms with E-state index in [1.807, 2.05) is 12.3 Å². The number of esters is 1. The summed E-state index contributed by atoms with van der Waals surface area (Å²) in [6.07, 6.45) is 31.0. The number of rotatable bonds is 33. The van der Waals surface area contributed by atoms with Crippen LogP contribution < -0.4 is 5.73 Å². The van der Waals surface area contributed by atoms with Gasteiger partial charge in [0.1, 0.15) is 5.54 Å². The van der Waals surface area contributed by atoms with E-state index in [0.717, 1.165) is 83.5 Å². The summed E-state index contributed by atoms with van der Waals surface area (Å²) < 4.78 is 5.13. The van der Waals surface area contributed by atoms with Crippen LogP contribution in [0.4, 0.5) is 0 Å². The molecule has 10 nitrogen and oxygen atoms in total. The van der Waals surface area contributed by atoms with Crippen molar-refractivity contribution in [1.29, 1.82) is 0 Å². The van der Waals surface area contributed by atoms with Gasteiger partial charge in [-0.2, -0.15) is 11.8 Å². The van der Waals surface area contributed by atoms with Crippen LogP contribution in [0.5, 0.6) is 0 Å². The zero-order chi connectivity index (χ0) is 39.9. The number of cyclic esters (lactones) is 1. The summed E-state index contributed by atoms with van der Waals surface area (Å²) in [7, 11) is 0. The number of carbonyl (C=O) groups excluding carboxylic acids is 4. The van der Waals surface area contributed by atoms with E-state index in [-0.39, 0.29) is 31.5 Å². The van der Waals surface area contributed by atoms with Crippen LogP contribution in [0.25, 0.3) is 0 Å². The van der Waals surface area contributed by atoms with Crippen LogP contribution in [-0.2, 0) is 33.7 Å². The molecule has 1 rings (SSSR count). The lowest BCUT2D eigenvalue weighted by Gasteiger charge is -2.45. The summed E-state index contributed by atoms with van der Waals surface area (Å²) in [5, 5.41) is 20.2. The molecule has 0 aromatic rings. The molecule has 0 aromatic heterocycles. The van der Waals surface area contributed by atoms with Crippen LogP contribution >= 0.6 is 11.8 Å². The quantitative estimate of drug-likeness (QED) is 0.0145. The third-order valence-corrected chi connectivity index (χ3v) is 11.2. The molecule has 11 heteroatoms. The molecule has 1 aliphatic heterocycles. The lowest BCUT2D eigenvalue weighted by Crippen LogP contribution is -2.72. The number of aliphatic hydroxyl groups excluding tert-OH is 2. The van der Waals surface area contributed by atoms with Crippen molar-refractivity contribution in [1.82, 2.24) is 0 Å². The van der Waals surface area contributed by atoms with Crippen LogP contribution in [-0.4, -0.2) is 70.3 Å². The lowest BCUT2D eigenvalue weighted by molar-refractivity contribution is -0.269. The van der Waals surface area contributed by atoms with Crippen LogP contribution in [0, 0.1) is 5.41 Å². The molecular formula is C43H75NO9S. The fraction of sp³-hybridized carbons (Fsp3) is 0.814. The summed E-state index contributed by atoms with van der Waals surface area (Å²) in [6.45, 7) is 3.76. The van der Waals surface area contributed by atoms with Crippen LogP contribution in [0.2, 0.25) is 0 Å². The minimum absolute atomic E-state index is 0.0168. The first-order chi connectivity index (χ1) is 26.1. The Balaban J connectivity index is 2.54. The Labute approximate surface area is 331 Å². The number of hydrogen-bond donors (Lipinski definition) is 3. The topological polar surface area (TPSA) is 162 Å². The molecule has 1 saturated heterocycles. The number of allylic oxidation sites excluding steroid dienone is 2. The maximum atomic E-state index is 13.7. The number of Topliss-reactive ketones (excluding diaryl/α,β-unsaturated/α-hetero) is 1. The Morgan fingerprint density at radius 2 is 1.26 bits per heavy atom. The molecule has 0 aliphatic carbocycles. The number of nitrogens with two attached hydrogens (primary N) is 1. The van der Waals surface area contributed by atoms with Gasteiger partial charge in [0, 0.05) is 0 Å². The molecule has 312 valence electrons. The highest BCUT2D eigenvalue weighted by Gasteiger charge is 2.67. The highest BCUT2D eigenvalue weighted by molar-refractivity contribution is 7.98. The number of ether oxygens (including phenoxy) is 1. The van der Waals surface area contributed by atoms with E-state index in [2.05, 4.69) is 32.1 Å². The van der Waals surface area contributed by atoms with Gasteiger partial charge < -0.3 is 20.7 Å². The molecular weight excluding hydrogens is 707 g/mol. The molecule has 0 radical (unpaired) electrons. The normalized spacial score (nSPS) is 20.0. The van der Waals surface area contributed by atoms with E-state index < -0.39 is 41.3 Å². The smallest absolute Gasteiger partial charge is 0.371 e. The maximum Gasteiger partial charge on any atom is 0.371 e. The second-order valence-electron chi connectivity index (χ2n) is 15.1. The molecule has 0 bridgehead atoms. The standard InChI is InChI=1S/C43H75NO9S/c1-4-6-8-21-27-36(45)29-23-17-13-10-11-15-19-25-31-39(48)52-53-40(49)42(38(47)35-51-41(50)43(42,44)33-34-54-3)32-26-20-16-12-14-18-24-30-37(46)28-22-9-7-5-2/h17-18,23-24,36-37,45-46H,4-16,19-22,25-35,44H2,1-3H3/b23-17-,24-18-. The van der Waals surface area contributed by atoms with E-state index >= 15 is 0 Å². The Morgan fingerprint density at radius 3 is 1.81 bits per heavy atom. The predicted molar refractivity (Wildman–Crippen MR) is 218 cm³/mol. The number of aliphatic hydroxyl groups is 2. The van der Waals surface area contributed by atoms with Crippen molar-refractivity contribution in [2.45, 2.75) is 199 Å². The van der Waals surface area contributed by atoms with Crippen molar-refractivity contribution in [2.24, 2.45) is 11.1 Å². The molecule has 4 N–H and O–H groups in total. The third kappa shape index (κ3) is 19.6. The Morgan fingerprint density at radius 1 is 0.741 bits per heavy atom. The van der Waals surface area contributed by atoms with Gasteiger partial charge in [0.2, 0.25) is 0 Å². The van der Waals surface area contributed by atoms with Crippen molar-refractivity contribution in [2.75, 3.05) is 18.6 Å². The lowest BCUT2D eigenvalue weighted by atomic mass is 9.61. The second kappa shape index (κ2) is 30.9. The van der Waals surface area contributed by atoms with Crippen LogP contribution in [0.1, 0.15) is 181 Å². The maximum absolute atomic E-state index is 13.7. The minimum atomic E-state index is -2.02. The van der Waals surface area contributed by atoms with E-state index in [0.29, 0.717) is 37.9 Å². The second-order valence-corrected chi connectivity index (χ2v) is 16.1. The molecule has 0 aromatic carbocycles. The summed E-state index contributed by atoms with van der Waals surface area (Å²) >= 11 is 1.43. The monoisotopic (exact) mass is 782 g/mol. The van der Waals surface area contributed by atoms with E-state index in [4.69, 9.17) is 20.2 Å². The first-order valence-electron chi connectivity index (χ1n) is 21.1. The largest absolute Gasteiger partial charge is 0.456 e. The molecule has 1 aliphatic rings. The van der Waals surface area contributed by atoms with Gasteiger partial charge in [0.25, 0.3) is 0 Å². The average Bonchev–Trinajstić information content (AvgIpc) is 3.16. The summed E-state index contributed by atoms with van der Waals surface area (Å²) in [5.74, 6) is -2.90. The predicted octanol–water partition coefficient (Wildman–Crippen LogP) is 9.18. The molecule has 54 heavy (non-hydrogen) atoms. The Hall–Kier alpha value is -2.21. The van der Waals surface area contributed by atoms with Gasteiger partial charge in [-0.1, -0.05) is 128 Å². The molecule has 1 fully saturated rings. The minimum Gasteiger partial charge on any atom is -0.456 e. The van der Waals surface area contributed by atoms with Gasteiger partial charge in [-0.05, 0) is 82.6 Å². The number of thioether (sulfide) groups is 1. The van der Waals surface area contributed by atoms with Gasteiger partial charge >= 0.3 is 17.9 Å². The van der Waals surface area contributed by atoms with Crippen molar-refractivity contribution in [3.8, 4) is 0 Å². The summed E-state index contributed by atoms with van der Waals surface area (Å²) in [5.41, 5.74) is 2.67. The van der Waals surface area contributed by atoms with Gasteiger partial charge in [0.15, 0.2) is 17.8 Å². The van der Waals surface area contributed by atoms with Gasteiger partial charge in [0.05, 0.1) is 18.6 Å². The highest BCUT2D eigenvalue weighted by atomic mass is 32.2. The average molecular weight is 782 g/mol. The first-order valence-corrected chi connectivity index (χ1v) is 22.5. The van der Waals surface area contributed by atoms with Crippen molar-refractivity contribution in [3.63, 3.8) is 0 Å². The summed E-state index contributed by atoms with van der Waals surface area (Å²) in [6, 6.07) is 0. The zero-order valence-corrected chi connectivity index (χ0v) is 34.8. The fourth-order valence-electron chi connectivity index (χ4n) is 7.00.